The van der Waals surface area contributed by atoms with E-state index in [-0.39, 0.29) is 11.9 Å². The van der Waals surface area contributed by atoms with E-state index in [0.717, 1.165) is 0 Å². The van der Waals surface area contributed by atoms with Crippen LogP contribution in [0.4, 0.5) is 10.1 Å². The molecule has 0 spiro atoms. The van der Waals surface area contributed by atoms with Crippen LogP contribution in [-0.4, -0.2) is 26.6 Å². The highest BCUT2D eigenvalue weighted by Crippen LogP contribution is 2.21. The molecule has 1 N–H and O–H groups in total. The average molecular weight is 248 g/mol. The van der Waals surface area contributed by atoms with E-state index in [0.29, 0.717) is 10.7 Å². The summed E-state index contributed by atoms with van der Waals surface area (Å²) in [6.45, 7) is 1.83. The summed E-state index contributed by atoms with van der Waals surface area (Å²) in [7, 11) is 3.06. The largest absolute Gasteiger partial charge is 0.375 e. The van der Waals surface area contributed by atoms with Crippen LogP contribution < -0.4 is 5.32 Å². The van der Waals surface area contributed by atoms with Gasteiger partial charge in [-0.25, -0.2) is 4.39 Å². The van der Waals surface area contributed by atoms with Gasteiger partial charge < -0.3 is 14.8 Å². The summed E-state index contributed by atoms with van der Waals surface area (Å²) in [5.41, 5.74) is 0.333. The summed E-state index contributed by atoms with van der Waals surface area (Å²) in [6.07, 6.45) is -0.446. The molecule has 0 fully saturated rings. The number of ether oxygens (including phenoxy) is 2. The molecular weight excluding hydrogens is 233 g/mol. The zero-order valence-corrected chi connectivity index (χ0v) is 10.2. The number of methoxy groups -OCH3 is 2. The van der Waals surface area contributed by atoms with Gasteiger partial charge in [0, 0.05) is 19.2 Å². The van der Waals surface area contributed by atoms with Gasteiger partial charge in [0.05, 0.1) is 11.7 Å². The van der Waals surface area contributed by atoms with Crippen LogP contribution in [0.2, 0.25) is 5.02 Å². The Morgan fingerprint density at radius 3 is 2.50 bits per heavy atom. The summed E-state index contributed by atoms with van der Waals surface area (Å²) >= 11 is 5.78. The van der Waals surface area contributed by atoms with Crippen molar-refractivity contribution in [1.82, 2.24) is 0 Å². The van der Waals surface area contributed by atoms with E-state index in [9.17, 15) is 4.39 Å². The lowest BCUT2D eigenvalue weighted by Crippen LogP contribution is -2.34. The summed E-state index contributed by atoms with van der Waals surface area (Å²) in [4.78, 5) is 0. The lowest BCUT2D eigenvalue weighted by molar-refractivity contribution is -0.109. The molecule has 16 heavy (non-hydrogen) atoms. The van der Waals surface area contributed by atoms with E-state index in [1.165, 1.54) is 32.4 Å². The van der Waals surface area contributed by atoms with E-state index in [2.05, 4.69) is 5.32 Å². The van der Waals surface area contributed by atoms with Crippen molar-refractivity contribution in [3.63, 3.8) is 0 Å². The molecule has 1 aromatic rings. The summed E-state index contributed by atoms with van der Waals surface area (Å²) in [5, 5.41) is 3.42. The summed E-state index contributed by atoms with van der Waals surface area (Å²) in [6, 6.07) is 4.14. The average Bonchev–Trinajstić information content (AvgIpc) is 2.25. The Bertz CT molecular complexity index is 345. The highest BCUT2D eigenvalue weighted by molar-refractivity contribution is 6.30. The third kappa shape index (κ3) is 3.33. The molecule has 5 heteroatoms. The fraction of sp³-hybridized carbons (Fsp3) is 0.455. The molecule has 3 nitrogen and oxygen atoms in total. The van der Waals surface area contributed by atoms with E-state index in [4.69, 9.17) is 21.1 Å². The van der Waals surface area contributed by atoms with Crippen LogP contribution in [0, 0.1) is 5.82 Å². The second-order valence-electron chi connectivity index (χ2n) is 3.40. The smallest absolute Gasteiger partial charge is 0.176 e. The number of benzene rings is 1. The molecule has 1 atom stereocenters. The zero-order valence-electron chi connectivity index (χ0n) is 9.46. The molecule has 0 saturated heterocycles. The molecule has 1 rings (SSSR count). The van der Waals surface area contributed by atoms with Gasteiger partial charge in [0.2, 0.25) is 0 Å². The van der Waals surface area contributed by atoms with Crippen LogP contribution >= 0.6 is 11.6 Å². The maximum atomic E-state index is 13.4. The fourth-order valence-electron chi connectivity index (χ4n) is 1.43. The minimum atomic E-state index is -0.446. The summed E-state index contributed by atoms with van der Waals surface area (Å²) < 4.78 is 23.5. The standard InChI is InChI=1S/C11H15ClFNO2/c1-7(11(15-2)16-3)14-10-6-8(12)4-5-9(10)13/h4-7,11,14H,1-3H3. The van der Waals surface area contributed by atoms with Crippen LogP contribution in [0.3, 0.4) is 0 Å². The first-order chi connectivity index (χ1) is 7.58. The fourth-order valence-corrected chi connectivity index (χ4v) is 1.60. The first kappa shape index (κ1) is 13.2. The van der Waals surface area contributed by atoms with Gasteiger partial charge in [0.25, 0.3) is 0 Å². The molecule has 0 saturated carbocycles. The molecule has 0 aliphatic heterocycles. The normalized spacial score (nSPS) is 12.9. The number of nitrogens with one attached hydrogen (secondary N) is 1. The van der Waals surface area contributed by atoms with E-state index < -0.39 is 6.29 Å². The van der Waals surface area contributed by atoms with Crippen molar-refractivity contribution in [1.29, 1.82) is 0 Å². The van der Waals surface area contributed by atoms with Gasteiger partial charge in [-0.1, -0.05) is 11.6 Å². The quantitative estimate of drug-likeness (QED) is 0.812. The first-order valence-electron chi connectivity index (χ1n) is 4.85. The Morgan fingerprint density at radius 1 is 1.31 bits per heavy atom. The van der Waals surface area contributed by atoms with Gasteiger partial charge in [-0.2, -0.15) is 0 Å². The molecule has 1 aromatic carbocycles. The Balaban J connectivity index is 2.75. The van der Waals surface area contributed by atoms with Crippen molar-refractivity contribution in [2.45, 2.75) is 19.3 Å². The summed E-state index contributed by atoms with van der Waals surface area (Å²) in [5.74, 6) is -0.359. The molecule has 0 amide bonds. The van der Waals surface area contributed by atoms with Crippen LogP contribution in [-0.2, 0) is 9.47 Å². The van der Waals surface area contributed by atoms with E-state index in [1.54, 1.807) is 0 Å². The number of rotatable bonds is 5. The van der Waals surface area contributed by atoms with Gasteiger partial charge in [-0.15, -0.1) is 0 Å². The molecule has 0 aliphatic carbocycles. The molecule has 0 aliphatic rings. The maximum absolute atomic E-state index is 13.4. The molecule has 0 radical (unpaired) electrons. The lowest BCUT2D eigenvalue weighted by Gasteiger charge is -2.23. The molecular formula is C11H15ClFNO2. The third-order valence-corrected chi connectivity index (χ3v) is 2.42. The highest BCUT2D eigenvalue weighted by Gasteiger charge is 2.16. The van der Waals surface area contributed by atoms with Crippen molar-refractivity contribution in [2.75, 3.05) is 19.5 Å². The van der Waals surface area contributed by atoms with E-state index >= 15 is 0 Å². The van der Waals surface area contributed by atoms with Gasteiger partial charge in [-0.3, -0.25) is 0 Å². The van der Waals surface area contributed by atoms with Crippen molar-refractivity contribution in [3.8, 4) is 0 Å². The monoisotopic (exact) mass is 247 g/mol. The Hall–Kier alpha value is -0.840. The Kier molecular flexibility index (Phi) is 4.99. The van der Waals surface area contributed by atoms with Crippen LogP contribution in [0.1, 0.15) is 6.92 Å². The van der Waals surface area contributed by atoms with Crippen molar-refractivity contribution in [3.05, 3.63) is 29.0 Å². The molecule has 0 bridgehead atoms. The Morgan fingerprint density at radius 2 is 1.94 bits per heavy atom. The lowest BCUT2D eigenvalue weighted by atomic mass is 10.2. The maximum Gasteiger partial charge on any atom is 0.176 e. The van der Waals surface area contributed by atoms with Crippen molar-refractivity contribution < 1.29 is 13.9 Å². The van der Waals surface area contributed by atoms with Crippen LogP contribution in [0.25, 0.3) is 0 Å². The topological polar surface area (TPSA) is 30.5 Å². The predicted molar refractivity (Wildman–Crippen MR) is 62.3 cm³/mol. The van der Waals surface area contributed by atoms with E-state index in [1.807, 2.05) is 6.92 Å². The molecule has 0 aromatic heterocycles. The van der Waals surface area contributed by atoms with Gasteiger partial charge >= 0.3 is 0 Å². The number of hydrogen-bond donors (Lipinski definition) is 1. The van der Waals surface area contributed by atoms with Gasteiger partial charge in [0.15, 0.2) is 6.29 Å². The molecule has 1 unspecified atom stereocenters. The number of anilines is 1. The van der Waals surface area contributed by atoms with Crippen molar-refractivity contribution in [2.24, 2.45) is 0 Å². The van der Waals surface area contributed by atoms with Crippen LogP contribution in [0.5, 0.6) is 0 Å². The van der Waals surface area contributed by atoms with Gasteiger partial charge in [-0.05, 0) is 25.1 Å². The Labute approximate surface area is 99.5 Å². The third-order valence-electron chi connectivity index (χ3n) is 2.18. The highest BCUT2D eigenvalue weighted by atomic mass is 35.5. The zero-order chi connectivity index (χ0) is 12.1. The molecule has 0 heterocycles. The SMILES string of the molecule is COC(OC)C(C)Nc1cc(Cl)ccc1F. The first-order valence-corrected chi connectivity index (χ1v) is 5.23. The van der Waals surface area contributed by atoms with Crippen LogP contribution in [0.15, 0.2) is 18.2 Å². The molecule has 90 valence electrons. The second kappa shape index (κ2) is 6.03. The second-order valence-corrected chi connectivity index (χ2v) is 3.83. The van der Waals surface area contributed by atoms with Crippen molar-refractivity contribution >= 4 is 17.3 Å². The number of halogens is 2. The minimum absolute atomic E-state index is 0.192. The predicted octanol–water partition coefficient (Wildman–Crippen LogP) is 2.90. The van der Waals surface area contributed by atoms with Gasteiger partial charge in [0.1, 0.15) is 5.82 Å². The minimum Gasteiger partial charge on any atom is -0.375 e. The number of hydrogen-bond acceptors (Lipinski definition) is 3.